The number of hydrogen-bond donors (Lipinski definition) is 0. The highest BCUT2D eigenvalue weighted by molar-refractivity contribution is 5.20. The van der Waals surface area contributed by atoms with Crippen molar-refractivity contribution in [3.05, 3.63) is 0 Å². The standard InChI is InChI=1S/C8H12N2/c1-8(2)6-4-3-5(4)7(8)10-9-6/h4-7H,3H2,1-2H3/t4-,5+,6+,7-. The van der Waals surface area contributed by atoms with Crippen molar-refractivity contribution in [3.8, 4) is 0 Å². The van der Waals surface area contributed by atoms with Crippen molar-refractivity contribution < 1.29 is 0 Å². The van der Waals surface area contributed by atoms with E-state index in [1.807, 2.05) is 0 Å². The minimum atomic E-state index is 0.410. The molecule has 0 spiro atoms. The van der Waals surface area contributed by atoms with Crippen LogP contribution in [0.1, 0.15) is 20.3 Å². The van der Waals surface area contributed by atoms with Crippen molar-refractivity contribution in [1.29, 1.82) is 0 Å². The lowest BCUT2D eigenvalue weighted by Crippen LogP contribution is -2.29. The van der Waals surface area contributed by atoms with Gasteiger partial charge in [-0.2, -0.15) is 10.2 Å². The lowest BCUT2D eigenvalue weighted by molar-refractivity contribution is 0.300. The molecule has 0 aromatic carbocycles. The summed E-state index contributed by atoms with van der Waals surface area (Å²) in [7, 11) is 0. The Morgan fingerprint density at radius 2 is 1.60 bits per heavy atom. The summed E-state index contributed by atoms with van der Waals surface area (Å²) in [4.78, 5) is 0. The van der Waals surface area contributed by atoms with Gasteiger partial charge in [-0.1, -0.05) is 13.8 Å². The molecule has 0 saturated heterocycles. The third-order valence-corrected chi connectivity index (χ3v) is 3.54. The van der Waals surface area contributed by atoms with E-state index in [0.29, 0.717) is 17.5 Å². The second-order valence-corrected chi connectivity index (χ2v) is 4.51. The van der Waals surface area contributed by atoms with E-state index in [4.69, 9.17) is 0 Å². The number of hydrogen-bond acceptors (Lipinski definition) is 2. The summed E-state index contributed by atoms with van der Waals surface area (Å²) in [5.41, 5.74) is 0.410. The Hall–Kier alpha value is -0.400. The van der Waals surface area contributed by atoms with Gasteiger partial charge in [-0.15, -0.1) is 0 Å². The molecule has 2 fully saturated rings. The fourth-order valence-electron chi connectivity index (χ4n) is 2.85. The van der Waals surface area contributed by atoms with Crippen molar-refractivity contribution in [1.82, 2.24) is 0 Å². The molecular weight excluding hydrogens is 124 g/mol. The number of rotatable bonds is 0. The number of fused-ring (bicyclic) bond motifs is 5. The first-order valence-electron chi connectivity index (χ1n) is 4.11. The van der Waals surface area contributed by atoms with Crippen LogP contribution < -0.4 is 0 Å². The first-order chi connectivity index (χ1) is 4.71. The largest absolute Gasteiger partial charge is 0.190 e. The van der Waals surface area contributed by atoms with Gasteiger partial charge in [0.05, 0.1) is 12.1 Å². The van der Waals surface area contributed by atoms with Crippen LogP contribution in [-0.2, 0) is 0 Å². The zero-order valence-electron chi connectivity index (χ0n) is 6.41. The van der Waals surface area contributed by atoms with Crippen LogP contribution in [0.2, 0.25) is 0 Å². The molecule has 0 amide bonds. The maximum Gasteiger partial charge on any atom is 0.0812 e. The van der Waals surface area contributed by atoms with Gasteiger partial charge in [0.25, 0.3) is 0 Å². The smallest absolute Gasteiger partial charge is 0.0812 e. The van der Waals surface area contributed by atoms with E-state index in [0.717, 1.165) is 11.8 Å². The molecule has 2 aliphatic carbocycles. The summed E-state index contributed by atoms with van der Waals surface area (Å²) in [5, 5.41) is 8.61. The number of nitrogens with zero attached hydrogens (tertiary/aromatic N) is 2. The van der Waals surface area contributed by atoms with Gasteiger partial charge in [-0.25, -0.2) is 0 Å². The lowest BCUT2D eigenvalue weighted by Gasteiger charge is -2.23. The minimum Gasteiger partial charge on any atom is -0.190 e. The Morgan fingerprint density at radius 3 is 1.90 bits per heavy atom. The summed E-state index contributed by atoms with van der Waals surface area (Å²) >= 11 is 0. The molecule has 1 heterocycles. The third kappa shape index (κ3) is 0.354. The highest BCUT2D eigenvalue weighted by atomic mass is 15.3. The summed E-state index contributed by atoms with van der Waals surface area (Å²) < 4.78 is 0. The van der Waals surface area contributed by atoms with Crippen LogP contribution in [0, 0.1) is 17.3 Å². The maximum absolute atomic E-state index is 4.30. The van der Waals surface area contributed by atoms with E-state index in [2.05, 4.69) is 24.1 Å². The van der Waals surface area contributed by atoms with Crippen LogP contribution in [0.5, 0.6) is 0 Å². The third-order valence-electron chi connectivity index (χ3n) is 3.54. The van der Waals surface area contributed by atoms with Gasteiger partial charge >= 0.3 is 0 Å². The molecule has 4 atom stereocenters. The highest BCUT2D eigenvalue weighted by Crippen LogP contribution is 2.65. The highest BCUT2D eigenvalue weighted by Gasteiger charge is 2.67. The van der Waals surface area contributed by atoms with Gasteiger partial charge in [0.1, 0.15) is 0 Å². The second kappa shape index (κ2) is 1.17. The predicted molar refractivity (Wildman–Crippen MR) is 37.8 cm³/mol. The van der Waals surface area contributed by atoms with Crippen LogP contribution in [0.15, 0.2) is 10.2 Å². The molecule has 2 heteroatoms. The summed E-state index contributed by atoms with van der Waals surface area (Å²) in [5.74, 6) is 1.86. The molecule has 3 aliphatic rings. The topological polar surface area (TPSA) is 24.7 Å². The monoisotopic (exact) mass is 136 g/mol. The van der Waals surface area contributed by atoms with E-state index in [1.54, 1.807) is 0 Å². The van der Waals surface area contributed by atoms with Crippen LogP contribution in [0.4, 0.5) is 0 Å². The first kappa shape index (κ1) is 5.28. The van der Waals surface area contributed by atoms with Gasteiger partial charge in [0.15, 0.2) is 0 Å². The van der Waals surface area contributed by atoms with Crippen molar-refractivity contribution in [2.24, 2.45) is 27.5 Å². The van der Waals surface area contributed by atoms with E-state index in [1.165, 1.54) is 6.42 Å². The quantitative estimate of drug-likeness (QED) is 0.485. The Kier molecular flexibility index (Phi) is 0.618. The van der Waals surface area contributed by atoms with Gasteiger partial charge in [0.2, 0.25) is 0 Å². The molecule has 0 N–H and O–H groups in total. The predicted octanol–water partition coefficient (Wildman–Crippen LogP) is 1.87. The maximum atomic E-state index is 4.30. The average molecular weight is 136 g/mol. The van der Waals surface area contributed by atoms with Crippen molar-refractivity contribution >= 4 is 0 Å². The molecule has 0 unspecified atom stereocenters. The van der Waals surface area contributed by atoms with Gasteiger partial charge in [-0.05, 0) is 18.3 Å². The summed E-state index contributed by atoms with van der Waals surface area (Å²) in [6, 6.07) is 1.17. The fraction of sp³-hybridized carbons (Fsp3) is 1.00. The van der Waals surface area contributed by atoms with Crippen LogP contribution in [0.3, 0.4) is 0 Å². The summed E-state index contributed by atoms with van der Waals surface area (Å²) in [6.45, 7) is 4.63. The second-order valence-electron chi connectivity index (χ2n) is 4.51. The van der Waals surface area contributed by atoms with Crippen LogP contribution in [-0.4, -0.2) is 12.1 Å². The number of azo groups is 1. The molecule has 0 aromatic rings. The molecule has 2 nitrogen and oxygen atoms in total. The zero-order valence-corrected chi connectivity index (χ0v) is 6.41. The van der Waals surface area contributed by atoms with Gasteiger partial charge in [-0.3, -0.25) is 0 Å². The Balaban J connectivity index is 2.11. The minimum absolute atomic E-state index is 0.410. The molecule has 0 aromatic heterocycles. The van der Waals surface area contributed by atoms with Crippen molar-refractivity contribution in [2.45, 2.75) is 32.4 Å². The van der Waals surface area contributed by atoms with E-state index in [-0.39, 0.29) is 0 Å². The van der Waals surface area contributed by atoms with Crippen LogP contribution >= 0.6 is 0 Å². The molecule has 2 bridgehead atoms. The Morgan fingerprint density at radius 1 is 1.10 bits per heavy atom. The fourth-order valence-corrected chi connectivity index (χ4v) is 2.85. The van der Waals surface area contributed by atoms with Crippen molar-refractivity contribution in [2.75, 3.05) is 0 Å². The zero-order chi connectivity index (χ0) is 6.93. The van der Waals surface area contributed by atoms with Crippen LogP contribution in [0.25, 0.3) is 0 Å². The van der Waals surface area contributed by atoms with E-state index < -0.39 is 0 Å². The molecule has 54 valence electrons. The molecule has 10 heavy (non-hydrogen) atoms. The molecule has 2 saturated carbocycles. The van der Waals surface area contributed by atoms with Crippen molar-refractivity contribution in [3.63, 3.8) is 0 Å². The van der Waals surface area contributed by atoms with Gasteiger partial charge < -0.3 is 0 Å². The van der Waals surface area contributed by atoms with E-state index in [9.17, 15) is 0 Å². The Labute approximate surface area is 60.7 Å². The van der Waals surface area contributed by atoms with E-state index >= 15 is 0 Å². The molecule has 0 radical (unpaired) electrons. The molecule has 3 rings (SSSR count). The first-order valence-corrected chi connectivity index (χ1v) is 4.11. The van der Waals surface area contributed by atoms with Gasteiger partial charge in [0, 0.05) is 5.41 Å². The Bertz CT molecular complexity index is 199. The summed E-state index contributed by atoms with van der Waals surface area (Å²) in [6.07, 6.45) is 1.41. The molecular formula is C8H12N2. The average Bonchev–Trinajstić information content (AvgIpc) is 2.54. The molecule has 1 aliphatic heterocycles. The SMILES string of the molecule is CC1(C)[C@@H]2N=N[C@H]1[C@@H]1C[C@@H]12. The normalized spacial score (nSPS) is 59.0. The lowest BCUT2D eigenvalue weighted by atomic mass is 9.82.